The lowest BCUT2D eigenvalue weighted by Crippen LogP contribution is -2.34. The maximum absolute atomic E-state index is 4.36. The Kier molecular flexibility index (Phi) is 3.75. The smallest absolute Gasteiger partial charge is 0.00992 e. The van der Waals surface area contributed by atoms with Gasteiger partial charge in [0, 0.05) is 0 Å². The first kappa shape index (κ1) is 16.1. The Balaban J connectivity index is 2.17. The maximum Gasteiger partial charge on any atom is -0.00992 e. The van der Waals surface area contributed by atoms with Gasteiger partial charge in [0.2, 0.25) is 0 Å². The zero-order valence-corrected chi connectivity index (χ0v) is 15.1. The second-order valence-corrected chi connectivity index (χ2v) is 8.24. The molecule has 23 heavy (non-hydrogen) atoms. The van der Waals surface area contributed by atoms with Crippen molar-refractivity contribution in [3.8, 4) is 0 Å². The molecule has 3 rings (SSSR count). The highest BCUT2D eigenvalue weighted by Crippen LogP contribution is 2.47. The first-order valence-electron chi connectivity index (χ1n) is 8.54. The summed E-state index contributed by atoms with van der Waals surface area (Å²) in [6.07, 6.45) is 2.48. The van der Waals surface area contributed by atoms with Gasteiger partial charge < -0.3 is 0 Å². The summed E-state index contributed by atoms with van der Waals surface area (Å²) >= 11 is 0. The number of fused-ring (bicyclic) bond motifs is 1. The van der Waals surface area contributed by atoms with E-state index in [2.05, 4.69) is 71.5 Å². The normalized spacial score (nSPS) is 18.3. The third-order valence-electron chi connectivity index (χ3n) is 5.56. The molecule has 1 radical (unpaired) electrons. The third-order valence-corrected chi connectivity index (χ3v) is 5.56. The van der Waals surface area contributed by atoms with E-state index in [9.17, 15) is 0 Å². The molecule has 0 aliphatic heterocycles. The minimum absolute atomic E-state index is 0.230. The Hall–Kier alpha value is -1.82. The molecule has 0 heteroatoms. The monoisotopic (exact) mass is 303 g/mol. The summed E-state index contributed by atoms with van der Waals surface area (Å²) < 4.78 is 0. The van der Waals surface area contributed by atoms with Crippen LogP contribution >= 0.6 is 0 Å². The highest BCUT2D eigenvalue weighted by Gasteiger charge is 2.37. The summed E-state index contributed by atoms with van der Waals surface area (Å²) in [5.41, 5.74) is 8.23. The highest BCUT2D eigenvalue weighted by atomic mass is 14.4. The van der Waals surface area contributed by atoms with E-state index in [1.165, 1.54) is 35.1 Å². The summed E-state index contributed by atoms with van der Waals surface area (Å²) in [7, 11) is 0. The molecule has 0 spiro atoms. The van der Waals surface area contributed by atoms with Crippen LogP contribution in [-0.2, 0) is 10.8 Å². The van der Waals surface area contributed by atoms with E-state index in [-0.39, 0.29) is 10.8 Å². The van der Waals surface area contributed by atoms with Crippen LogP contribution in [0.5, 0.6) is 0 Å². The van der Waals surface area contributed by atoms with Crippen LogP contribution in [0.4, 0.5) is 0 Å². The van der Waals surface area contributed by atoms with E-state index in [4.69, 9.17) is 0 Å². The summed E-state index contributed by atoms with van der Waals surface area (Å²) in [6.45, 7) is 16.1. The Morgan fingerprint density at radius 1 is 1.00 bits per heavy atom. The van der Waals surface area contributed by atoms with Crippen molar-refractivity contribution in [3.05, 3.63) is 76.9 Å². The first-order valence-corrected chi connectivity index (χ1v) is 8.54. The molecule has 0 atom stereocenters. The Bertz CT molecular complexity index is 745. The van der Waals surface area contributed by atoms with Gasteiger partial charge in [0.25, 0.3) is 0 Å². The van der Waals surface area contributed by atoms with E-state index in [0.717, 1.165) is 11.1 Å². The molecule has 0 nitrogen and oxygen atoms in total. The Labute approximate surface area is 141 Å². The fraction of sp³-hybridized carbons (Fsp3) is 0.391. The van der Waals surface area contributed by atoms with Crippen molar-refractivity contribution >= 4 is 5.57 Å². The summed E-state index contributed by atoms with van der Waals surface area (Å²) in [5, 5.41) is 0. The van der Waals surface area contributed by atoms with Crippen LogP contribution in [0.2, 0.25) is 0 Å². The molecule has 119 valence electrons. The van der Waals surface area contributed by atoms with E-state index in [0.29, 0.717) is 0 Å². The molecule has 0 aromatic heterocycles. The molecule has 1 aliphatic rings. The van der Waals surface area contributed by atoms with Gasteiger partial charge >= 0.3 is 0 Å². The lowest BCUT2D eigenvalue weighted by atomic mass is 9.62. The zero-order valence-electron chi connectivity index (χ0n) is 15.1. The molecule has 0 unspecified atom stereocenters. The second-order valence-electron chi connectivity index (χ2n) is 8.24. The molecule has 0 bridgehead atoms. The van der Waals surface area contributed by atoms with Crippen molar-refractivity contribution in [2.45, 2.75) is 58.3 Å². The van der Waals surface area contributed by atoms with Crippen molar-refractivity contribution in [2.75, 3.05) is 0 Å². The summed E-state index contributed by atoms with van der Waals surface area (Å²) in [5.74, 6) is 0. The van der Waals surface area contributed by atoms with Gasteiger partial charge in [-0.15, -0.1) is 0 Å². The molecule has 1 aliphatic carbocycles. The topological polar surface area (TPSA) is 0 Å². The van der Waals surface area contributed by atoms with Crippen LogP contribution < -0.4 is 0 Å². The van der Waals surface area contributed by atoms with E-state index in [1.807, 2.05) is 12.1 Å². The molecular weight excluding hydrogens is 276 g/mol. The average Bonchev–Trinajstić information content (AvgIpc) is 2.52. The lowest BCUT2D eigenvalue weighted by Gasteiger charge is -2.42. The van der Waals surface area contributed by atoms with Gasteiger partial charge in [-0.2, -0.15) is 0 Å². The number of hydrogen-bond donors (Lipinski definition) is 0. The number of benzene rings is 2. The molecule has 0 N–H and O–H groups in total. The number of hydrogen-bond acceptors (Lipinski definition) is 0. The van der Waals surface area contributed by atoms with Crippen molar-refractivity contribution < 1.29 is 0 Å². The number of rotatable bonds is 2. The minimum Gasteiger partial charge on any atom is -0.0905 e. The van der Waals surface area contributed by atoms with Crippen molar-refractivity contribution in [1.29, 1.82) is 0 Å². The van der Waals surface area contributed by atoms with Crippen LogP contribution in [-0.4, -0.2) is 0 Å². The zero-order chi connectivity index (χ0) is 16.8. The third kappa shape index (κ3) is 2.76. The summed E-state index contributed by atoms with van der Waals surface area (Å²) in [4.78, 5) is 0. The Morgan fingerprint density at radius 2 is 1.61 bits per heavy atom. The van der Waals surface area contributed by atoms with Crippen LogP contribution in [0.25, 0.3) is 5.57 Å². The fourth-order valence-corrected chi connectivity index (χ4v) is 3.77. The quantitative estimate of drug-likeness (QED) is 0.619. The van der Waals surface area contributed by atoms with Crippen LogP contribution in [0, 0.1) is 13.0 Å². The average molecular weight is 303 g/mol. The molecular formula is C23H27. The fourth-order valence-electron chi connectivity index (χ4n) is 3.77. The van der Waals surface area contributed by atoms with Gasteiger partial charge in [-0.25, -0.2) is 0 Å². The Morgan fingerprint density at radius 3 is 2.17 bits per heavy atom. The van der Waals surface area contributed by atoms with Crippen molar-refractivity contribution in [3.63, 3.8) is 0 Å². The summed E-state index contributed by atoms with van der Waals surface area (Å²) in [6, 6.07) is 16.2. The predicted octanol–water partition coefficient (Wildman–Crippen LogP) is 6.21. The van der Waals surface area contributed by atoms with E-state index < -0.39 is 0 Å². The maximum atomic E-state index is 4.36. The second kappa shape index (κ2) is 5.37. The van der Waals surface area contributed by atoms with Crippen LogP contribution in [0.15, 0.2) is 43.0 Å². The van der Waals surface area contributed by atoms with Crippen LogP contribution in [0.3, 0.4) is 0 Å². The molecule has 0 saturated heterocycles. The van der Waals surface area contributed by atoms with Gasteiger partial charge in [-0.05, 0) is 70.1 Å². The molecule has 0 fully saturated rings. The first-order chi connectivity index (χ1) is 10.7. The van der Waals surface area contributed by atoms with E-state index >= 15 is 0 Å². The SMILES string of the molecule is C=C(c1[c]cccc1)c1cc2c(cc1C)C(C)(C)CCC2(C)C. The van der Waals surface area contributed by atoms with Gasteiger partial charge in [0.15, 0.2) is 0 Å². The number of aryl methyl sites for hydroxylation is 1. The molecule has 2 aromatic rings. The van der Waals surface area contributed by atoms with Crippen molar-refractivity contribution in [2.24, 2.45) is 0 Å². The molecule has 2 aromatic carbocycles. The minimum atomic E-state index is 0.230. The molecule has 0 saturated carbocycles. The largest absolute Gasteiger partial charge is 0.0905 e. The predicted molar refractivity (Wildman–Crippen MR) is 99.9 cm³/mol. The van der Waals surface area contributed by atoms with Crippen molar-refractivity contribution in [1.82, 2.24) is 0 Å². The van der Waals surface area contributed by atoms with Gasteiger partial charge in [0.1, 0.15) is 0 Å². The van der Waals surface area contributed by atoms with E-state index in [1.54, 1.807) is 0 Å². The standard InChI is InChI=1S/C23H27/c1-16-14-20-21(23(5,6)13-12-22(20,3)4)15-19(16)17(2)18-10-8-7-9-11-18/h7-10,14-15H,2,12-13H2,1,3-6H3. The van der Waals surface area contributed by atoms with Gasteiger partial charge in [0.05, 0.1) is 0 Å². The highest BCUT2D eigenvalue weighted by molar-refractivity contribution is 5.80. The molecule has 0 amide bonds. The van der Waals surface area contributed by atoms with Gasteiger partial charge in [-0.1, -0.05) is 70.7 Å². The lowest BCUT2D eigenvalue weighted by molar-refractivity contribution is 0.331. The van der Waals surface area contributed by atoms with Crippen LogP contribution in [0.1, 0.15) is 68.4 Å². The molecule has 0 heterocycles. The van der Waals surface area contributed by atoms with Gasteiger partial charge in [-0.3, -0.25) is 0 Å².